The number of nitrogens with zero attached hydrogens (tertiary/aromatic N) is 4. The van der Waals surface area contributed by atoms with Gasteiger partial charge in [-0.05, 0) is 44.1 Å². The molecule has 0 saturated heterocycles. The van der Waals surface area contributed by atoms with Crippen molar-refractivity contribution in [1.82, 2.24) is 24.9 Å². The second kappa shape index (κ2) is 6.72. The number of aromatic nitrogens is 4. The van der Waals surface area contributed by atoms with Crippen LogP contribution in [-0.4, -0.2) is 31.7 Å². The van der Waals surface area contributed by atoms with Gasteiger partial charge in [0.25, 0.3) is 5.78 Å². The zero-order valence-corrected chi connectivity index (χ0v) is 15.9. The first-order chi connectivity index (χ1) is 12.6. The highest BCUT2D eigenvalue weighted by Crippen LogP contribution is 2.30. The van der Waals surface area contributed by atoms with Crippen LogP contribution in [0.25, 0.3) is 5.78 Å². The molecular formula is C19H21N5OS. The topological polar surface area (TPSA) is 72.2 Å². The minimum atomic E-state index is 0.0178. The lowest BCUT2D eigenvalue weighted by Crippen LogP contribution is -2.29. The Morgan fingerprint density at radius 3 is 2.92 bits per heavy atom. The van der Waals surface area contributed by atoms with Gasteiger partial charge in [-0.25, -0.2) is 9.50 Å². The van der Waals surface area contributed by atoms with Gasteiger partial charge in [0.1, 0.15) is 0 Å². The van der Waals surface area contributed by atoms with Gasteiger partial charge >= 0.3 is 0 Å². The van der Waals surface area contributed by atoms with Crippen molar-refractivity contribution in [2.24, 2.45) is 0 Å². The molecule has 0 bridgehead atoms. The Hall–Kier alpha value is -2.41. The molecule has 7 heteroatoms. The lowest BCUT2D eigenvalue weighted by atomic mass is 10.1. The maximum Gasteiger partial charge on any atom is 0.253 e. The molecule has 26 heavy (non-hydrogen) atoms. The molecule has 0 unspecified atom stereocenters. The fourth-order valence-electron chi connectivity index (χ4n) is 3.65. The highest BCUT2D eigenvalue weighted by Gasteiger charge is 2.24. The van der Waals surface area contributed by atoms with E-state index in [0.29, 0.717) is 17.4 Å². The van der Waals surface area contributed by atoms with Gasteiger partial charge in [0.15, 0.2) is 0 Å². The van der Waals surface area contributed by atoms with Crippen LogP contribution in [0.5, 0.6) is 0 Å². The Morgan fingerprint density at radius 2 is 2.12 bits per heavy atom. The van der Waals surface area contributed by atoms with E-state index in [4.69, 9.17) is 0 Å². The summed E-state index contributed by atoms with van der Waals surface area (Å²) < 4.78 is 1.73. The van der Waals surface area contributed by atoms with Crippen molar-refractivity contribution in [3.8, 4) is 0 Å². The maximum atomic E-state index is 12.7. The average molecular weight is 367 g/mol. The largest absolute Gasteiger partial charge is 0.349 e. The number of rotatable bonds is 4. The number of carbonyl (C=O) groups excluding carboxylic acids is 1. The van der Waals surface area contributed by atoms with Gasteiger partial charge in [0.05, 0.1) is 12.5 Å². The van der Waals surface area contributed by atoms with E-state index in [1.165, 1.54) is 22.9 Å². The van der Waals surface area contributed by atoms with Gasteiger partial charge in [-0.15, -0.1) is 5.10 Å². The Labute approximate surface area is 156 Å². The van der Waals surface area contributed by atoms with E-state index >= 15 is 0 Å². The lowest BCUT2D eigenvalue weighted by molar-refractivity contribution is -0.121. The molecule has 1 amide bonds. The summed E-state index contributed by atoms with van der Waals surface area (Å²) in [6, 6.07) is 8.44. The lowest BCUT2D eigenvalue weighted by Gasteiger charge is -2.15. The molecule has 2 heterocycles. The Balaban J connectivity index is 1.56. The highest BCUT2D eigenvalue weighted by atomic mass is 32.2. The summed E-state index contributed by atoms with van der Waals surface area (Å²) in [5, 5.41) is 8.32. The number of hydrogen-bond acceptors (Lipinski definition) is 5. The summed E-state index contributed by atoms with van der Waals surface area (Å²) in [5.74, 6) is 0.600. The van der Waals surface area contributed by atoms with Gasteiger partial charge < -0.3 is 5.32 Å². The second-order valence-corrected chi connectivity index (χ2v) is 7.38. The summed E-state index contributed by atoms with van der Waals surface area (Å²) in [4.78, 5) is 21.6. The number of hydrogen-bond donors (Lipinski definition) is 1. The third-order valence-corrected chi connectivity index (χ3v) is 5.56. The zero-order valence-electron chi connectivity index (χ0n) is 15.1. The highest BCUT2D eigenvalue weighted by molar-refractivity contribution is 7.98. The molecule has 134 valence electrons. The van der Waals surface area contributed by atoms with Gasteiger partial charge in [-0.2, -0.15) is 4.98 Å². The standard InChI is InChI=1S/C19H21N5OS/c1-11-15(12(2)24-18(20-11)22-19(23-24)26-3)10-17(25)21-16-9-8-13-6-4-5-7-14(13)16/h4-7,16H,8-10H2,1-3H3,(H,21,25)/t16-/m1/s1. The van der Waals surface area contributed by atoms with Crippen molar-refractivity contribution < 1.29 is 4.79 Å². The van der Waals surface area contributed by atoms with E-state index < -0.39 is 0 Å². The summed E-state index contributed by atoms with van der Waals surface area (Å²) in [7, 11) is 0. The first-order valence-electron chi connectivity index (χ1n) is 8.71. The summed E-state index contributed by atoms with van der Waals surface area (Å²) >= 11 is 1.48. The van der Waals surface area contributed by atoms with Crippen molar-refractivity contribution in [2.75, 3.05) is 6.26 Å². The maximum absolute atomic E-state index is 12.7. The number of fused-ring (bicyclic) bond motifs is 2. The van der Waals surface area contributed by atoms with Crippen LogP contribution in [0.1, 0.15) is 40.5 Å². The molecule has 1 aromatic carbocycles. The van der Waals surface area contributed by atoms with Crippen molar-refractivity contribution in [1.29, 1.82) is 0 Å². The van der Waals surface area contributed by atoms with Crippen molar-refractivity contribution in [3.05, 3.63) is 52.3 Å². The minimum Gasteiger partial charge on any atom is -0.349 e. The van der Waals surface area contributed by atoms with E-state index in [2.05, 4.69) is 38.6 Å². The van der Waals surface area contributed by atoms with E-state index in [1.807, 2.05) is 26.2 Å². The quantitative estimate of drug-likeness (QED) is 0.718. The molecule has 6 nitrogen and oxygen atoms in total. The number of nitrogens with one attached hydrogen (secondary N) is 1. The number of amides is 1. The molecule has 2 aromatic heterocycles. The van der Waals surface area contributed by atoms with Crippen molar-refractivity contribution in [2.45, 2.75) is 44.3 Å². The van der Waals surface area contributed by atoms with Crippen LogP contribution in [0.3, 0.4) is 0 Å². The van der Waals surface area contributed by atoms with Crippen molar-refractivity contribution in [3.63, 3.8) is 0 Å². The molecule has 0 fully saturated rings. The predicted octanol–water partition coefficient (Wildman–Crippen LogP) is 2.81. The summed E-state index contributed by atoms with van der Waals surface area (Å²) in [6.07, 6.45) is 4.21. The molecule has 0 spiro atoms. The van der Waals surface area contributed by atoms with E-state index in [-0.39, 0.29) is 11.9 Å². The number of aryl methyl sites for hydroxylation is 3. The monoisotopic (exact) mass is 367 g/mol. The molecule has 0 saturated carbocycles. The summed E-state index contributed by atoms with van der Waals surface area (Å²) in [6.45, 7) is 3.89. The first-order valence-corrected chi connectivity index (χ1v) is 9.93. The molecule has 1 aliphatic carbocycles. The number of thioether (sulfide) groups is 1. The molecule has 3 aromatic rings. The average Bonchev–Trinajstić information content (AvgIpc) is 3.23. The summed E-state index contributed by atoms with van der Waals surface area (Å²) in [5.41, 5.74) is 5.24. The molecule has 1 aliphatic rings. The molecule has 1 N–H and O–H groups in total. The Kier molecular flexibility index (Phi) is 4.40. The normalized spacial score (nSPS) is 16.0. The van der Waals surface area contributed by atoms with Gasteiger partial charge in [0.2, 0.25) is 11.1 Å². The van der Waals surface area contributed by atoms with Gasteiger partial charge in [-0.1, -0.05) is 36.0 Å². The fourth-order valence-corrected chi connectivity index (χ4v) is 3.98. The van der Waals surface area contributed by atoms with E-state index in [0.717, 1.165) is 29.8 Å². The van der Waals surface area contributed by atoms with Crippen molar-refractivity contribution >= 4 is 23.4 Å². The van der Waals surface area contributed by atoms with Gasteiger partial charge in [0, 0.05) is 17.0 Å². The second-order valence-electron chi connectivity index (χ2n) is 6.61. The molecule has 0 radical (unpaired) electrons. The predicted molar refractivity (Wildman–Crippen MR) is 101 cm³/mol. The molecule has 1 atom stereocenters. The van der Waals surface area contributed by atoms with Crippen LogP contribution in [-0.2, 0) is 17.6 Å². The van der Waals surface area contributed by atoms with Crippen LogP contribution < -0.4 is 5.32 Å². The third kappa shape index (κ3) is 2.96. The van der Waals surface area contributed by atoms with Crippen LogP contribution in [0.15, 0.2) is 29.4 Å². The van der Waals surface area contributed by atoms with Crippen LogP contribution in [0.2, 0.25) is 0 Å². The number of benzene rings is 1. The SMILES string of the molecule is CSc1nc2nc(C)c(CC(=O)N[C@@H]3CCc4ccccc43)c(C)n2n1. The Bertz CT molecular complexity index is 997. The van der Waals surface area contributed by atoms with E-state index in [1.54, 1.807) is 4.52 Å². The molecule has 4 rings (SSSR count). The molecular weight excluding hydrogens is 346 g/mol. The first kappa shape index (κ1) is 17.0. The van der Waals surface area contributed by atoms with Crippen LogP contribution >= 0.6 is 11.8 Å². The third-order valence-electron chi connectivity index (χ3n) is 5.02. The Morgan fingerprint density at radius 1 is 1.31 bits per heavy atom. The van der Waals surface area contributed by atoms with Gasteiger partial charge in [-0.3, -0.25) is 4.79 Å². The fraction of sp³-hybridized carbons (Fsp3) is 0.368. The number of carbonyl (C=O) groups is 1. The van der Waals surface area contributed by atoms with Crippen LogP contribution in [0.4, 0.5) is 0 Å². The zero-order chi connectivity index (χ0) is 18.3. The van der Waals surface area contributed by atoms with E-state index in [9.17, 15) is 4.79 Å². The minimum absolute atomic E-state index is 0.0178. The smallest absolute Gasteiger partial charge is 0.253 e. The van der Waals surface area contributed by atoms with Crippen LogP contribution in [0, 0.1) is 13.8 Å². The molecule has 0 aliphatic heterocycles.